The van der Waals surface area contributed by atoms with Gasteiger partial charge in [-0.05, 0) is 43.5 Å². The molecule has 0 saturated heterocycles. The number of ketones is 1. The van der Waals surface area contributed by atoms with Gasteiger partial charge in [-0.2, -0.15) is 13.2 Å². The van der Waals surface area contributed by atoms with Crippen LogP contribution in [0.4, 0.5) is 28.9 Å². The summed E-state index contributed by atoms with van der Waals surface area (Å²) in [5, 5.41) is 6.48. The quantitative estimate of drug-likeness (QED) is 0.625. The fourth-order valence-corrected chi connectivity index (χ4v) is 3.66. The zero-order chi connectivity index (χ0) is 20.5. The van der Waals surface area contributed by atoms with E-state index in [0.717, 1.165) is 0 Å². The van der Waals surface area contributed by atoms with Crippen LogP contribution in [-0.2, 0) is 11.2 Å². The van der Waals surface area contributed by atoms with Gasteiger partial charge in [0.15, 0.2) is 0 Å². The summed E-state index contributed by atoms with van der Waals surface area (Å²) in [5.41, 5.74) is 2.28. The number of carbonyl (C=O) groups is 1. The lowest BCUT2D eigenvalue weighted by Gasteiger charge is -2.21. The topological polar surface area (TPSA) is 41.1 Å². The van der Waals surface area contributed by atoms with Gasteiger partial charge in [0, 0.05) is 23.7 Å². The van der Waals surface area contributed by atoms with Gasteiger partial charge in [-0.25, -0.2) is 4.39 Å². The molecule has 0 spiro atoms. The predicted molar refractivity (Wildman–Crippen MR) is 101 cm³/mol. The molecule has 0 amide bonds. The molecular weight excluding hydrogens is 396 g/mol. The zero-order valence-electron chi connectivity index (χ0n) is 15.0. The fraction of sp³-hybridized carbons (Fsp3) is 0.350. The van der Waals surface area contributed by atoms with Crippen LogP contribution < -0.4 is 10.6 Å². The molecular formula is C20H19ClF4N2O. The van der Waals surface area contributed by atoms with Crippen molar-refractivity contribution in [2.75, 3.05) is 17.2 Å². The van der Waals surface area contributed by atoms with Gasteiger partial charge in [-0.3, -0.25) is 4.79 Å². The summed E-state index contributed by atoms with van der Waals surface area (Å²) in [6, 6.07) is 9.20. The smallest absolute Gasteiger partial charge is 0.384 e. The molecule has 28 heavy (non-hydrogen) atoms. The monoisotopic (exact) mass is 414 g/mol. The Balaban J connectivity index is 1.87. The van der Waals surface area contributed by atoms with Crippen molar-refractivity contribution in [1.29, 1.82) is 0 Å². The van der Waals surface area contributed by atoms with Crippen LogP contribution in [0.5, 0.6) is 0 Å². The van der Waals surface area contributed by atoms with E-state index in [1.807, 2.05) is 0 Å². The Kier molecular flexibility index (Phi) is 5.84. The Morgan fingerprint density at radius 2 is 1.96 bits per heavy atom. The summed E-state index contributed by atoms with van der Waals surface area (Å²) in [6.45, 7) is 1.67. The Morgan fingerprint density at radius 1 is 1.25 bits per heavy atom. The summed E-state index contributed by atoms with van der Waals surface area (Å²) in [4.78, 5) is 11.6. The number of benzene rings is 2. The second kappa shape index (κ2) is 7.99. The van der Waals surface area contributed by atoms with E-state index in [2.05, 4.69) is 10.6 Å². The van der Waals surface area contributed by atoms with Gasteiger partial charge in [-0.15, -0.1) is 0 Å². The summed E-state index contributed by atoms with van der Waals surface area (Å²) < 4.78 is 52.4. The van der Waals surface area contributed by atoms with Gasteiger partial charge in [0.2, 0.25) is 5.78 Å². The molecule has 3 nitrogen and oxygen atoms in total. The summed E-state index contributed by atoms with van der Waals surface area (Å²) >= 11 is 6.33. The third-order valence-electron chi connectivity index (χ3n) is 4.93. The number of halogens is 5. The molecule has 0 radical (unpaired) electrons. The van der Waals surface area contributed by atoms with Gasteiger partial charge in [0.1, 0.15) is 5.82 Å². The van der Waals surface area contributed by atoms with Crippen LogP contribution in [0.3, 0.4) is 0 Å². The standard InChI is InChI=1S/C20H19ClF4N2O/c1-11(13-4-2-3-5-16(13)22)27-18-14-7-6-12(19(28)20(23,24)25)10-26-17(14)9-8-15(18)21/h2-5,8-9,11-12,26-27H,6-7,10H2,1H3. The number of Topliss-reactive ketones (excluding diaryl/α,β-unsaturated/α-hetero) is 1. The van der Waals surface area contributed by atoms with Gasteiger partial charge in [-0.1, -0.05) is 29.8 Å². The maximum atomic E-state index is 14.1. The van der Waals surface area contributed by atoms with Crippen molar-refractivity contribution in [3.05, 3.63) is 58.4 Å². The molecule has 0 aliphatic carbocycles. The lowest BCUT2D eigenvalue weighted by Crippen LogP contribution is -2.34. The van der Waals surface area contributed by atoms with E-state index in [9.17, 15) is 22.4 Å². The van der Waals surface area contributed by atoms with Crippen LogP contribution in [0.2, 0.25) is 5.02 Å². The fourth-order valence-electron chi connectivity index (χ4n) is 3.43. The van der Waals surface area contributed by atoms with Crippen LogP contribution in [0.15, 0.2) is 36.4 Å². The minimum Gasteiger partial charge on any atom is -0.384 e. The lowest BCUT2D eigenvalue weighted by molar-refractivity contribution is -0.175. The molecule has 1 aliphatic heterocycles. The zero-order valence-corrected chi connectivity index (χ0v) is 15.8. The average Bonchev–Trinajstić information content (AvgIpc) is 2.85. The molecule has 0 aromatic heterocycles. The lowest BCUT2D eigenvalue weighted by atomic mass is 9.95. The van der Waals surface area contributed by atoms with Crippen molar-refractivity contribution in [3.8, 4) is 0 Å². The molecule has 0 saturated carbocycles. The number of alkyl halides is 3. The van der Waals surface area contributed by atoms with Crippen molar-refractivity contribution in [3.63, 3.8) is 0 Å². The number of fused-ring (bicyclic) bond motifs is 1. The molecule has 0 bridgehead atoms. The molecule has 2 aromatic rings. The van der Waals surface area contributed by atoms with Crippen LogP contribution >= 0.6 is 11.6 Å². The molecule has 1 aliphatic rings. The van der Waals surface area contributed by atoms with Crippen molar-refractivity contribution in [2.45, 2.75) is 32.0 Å². The molecule has 2 aromatic carbocycles. The number of nitrogens with one attached hydrogen (secondary N) is 2. The largest absolute Gasteiger partial charge is 0.450 e. The highest BCUT2D eigenvalue weighted by atomic mass is 35.5. The minimum absolute atomic E-state index is 0.0431. The summed E-state index contributed by atoms with van der Waals surface area (Å²) in [6.07, 6.45) is -4.58. The minimum atomic E-state index is -4.86. The first-order valence-electron chi connectivity index (χ1n) is 8.85. The van der Waals surface area contributed by atoms with Gasteiger partial charge < -0.3 is 10.6 Å². The maximum absolute atomic E-state index is 14.1. The van der Waals surface area contributed by atoms with Crippen LogP contribution in [0, 0.1) is 11.7 Å². The van der Waals surface area contributed by atoms with Crippen LogP contribution in [0.25, 0.3) is 0 Å². The first-order valence-corrected chi connectivity index (χ1v) is 9.23. The molecule has 2 unspecified atom stereocenters. The molecule has 0 fully saturated rings. The van der Waals surface area contributed by atoms with E-state index < -0.39 is 23.9 Å². The van der Waals surface area contributed by atoms with E-state index in [4.69, 9.17) is 11.6 Å². The Bertz CT molecular complexity index is 885. The first kappa shape index (κ1) is 20.5. The number of carbonyl (C=O) groups excluding carboxylic acids is 1. The van der Waals surface area contributed by atoms with E-state index in [1.165, 1.54) is 6.07 Å². The highest BCUT2D eigenvalue weighted by molar-refractivity contribution is 6.33. The summed E-state index contributed by atoms with van der Waals surface area (Å²) in [5.74, 6) is -3.26. The van der Waals surface area contributed by atoms with E-state index in [0.29, 0.717) is 27.5 Å². The molecule has 2 atom stereocenters. The second-order valence-corrected chi connectivity index (χ2v) is 7.22. The first-order chi connectivity index (χ1) is 13.2. The third kappa shape index (κ3) is 4.24. The average molecular weight is 415 g/mol. The van der Waals surface area contributed by atoms with Crippen molar-refractivity contribution < 1.29 is 22.4 Å². The predicted octanol–water partition coefficient (Wildman–Crippen LogP) is 5.76. The van der Waals surface area contributed by atoms with Crippen molar-refractivity contribution in [2.24, 2.45) is 5.92 Å². The SMILES string of the molecule is CC(Nc1c(Cl)ccc2c1CCC(C(=O)C(F)(F)F)CN2)c1ccccc1F. The van der Waals surface area contributed by atoms with E-state index in [1.54, 1.807) is 37.3 Å². The Morgan fingerprint density at radius 3 is 2.64 bits per heavy atom. The number of rotatable bonds is 4. The molecule has 3 rings (SSSR count). The number of anilines is 2. The molecule has 150 valence electrons. The third-order valence-corrected chi connectivity index (χ3v) is 5.24. The number of hydrogen-bond acceptors (Lipinski definition) is 3. The van der Waals surface area contributed by atoms with Crippen LogP contribution in [-0.4, -0.2) is 18.5 Å². The highest BCUT2D eigenvalue weighted by Crippen LogP contribution is 2.38. The van der Waals surface area contributed by atoms with E-state index >= 15 is 0 Å². The Hall–Kier alpha value is -2.28. The van der Waals surface area contributed by atoms with Crippen LogP contribution in [0.1, 0.15) is 30.5 Å². The molecule has 8 heteroatoms. The van der Waals surface area contributed by atoms with E-state index in [-0.39, 0.29) is 25.2 Å². The van der Waals surface area contributed by atoms with Crippen molar-refractivity contribution in [1.82, 2.24) is 0 Å². The number of hydrogen-bond donors (Lipinski definition) is 2. The maximum Gasteiger partial charge on any atom is 0.450 e. The van der Waals surface area contributed by atoms with Gasteiger partial charge in [0.05, 0.1) is 16.8 Å². The van der Waals surface area contributed by atoms with Gasteiger partial charge in [0.25, 0.3) is 0 Å². The molecule has 1 heterocycles. The Labute approximate surface area is 165 Å². The summed E-state index contributed by atoms with van der Waals surface area (Å²) in [7, 11) is 0. The highest BCUT2D eigenvalue weighted by Gasteiger charge is 2.43. The second-order valence-electron chi connectivity index (χ2n) is 6.81. The van der Waals surface area contributed by atoms with Gasteiger partial charge >= 0.3 is 6.18 Å². The van der Waals surface area contributed by atoms with Crippen molar-refractivity contribution >= 4 is 28.8 Å². The normalized spacial score (nSPS) is 17.9. The molecule has 2 N–H and O–H groups in total.